The number of alkyl halides is 3. The number of hydrogen-bond acceptors (Lipinski definition) is 3. The van der Waals surface area contributed by atoms with Crippen LogP contribution >= 0.6 is 0 Å². The first kappa shape index (κ1) is 20.2. The molecule has 2 N–H and O–H groups in total. The number of fused-ring (bicyclic) bond motifs is 1. The normalized spacial score (nSPS) is 21.1. The quantitative estimate of drug-likeness (QED) is 0.754. The highest BCUT2D eigenvalue weighted by atomic mass is 19.4. The Morgan fingerprint density at radius 1 is 1.14 bits per heavy atom. The van der Waals surface area contributed by atoms with Gasteiger partial charge in [-0.2, -0.15) is 13.2 Å². The molecule has 3 aliphatic rings. The average molecular weight is 397 g/mol. The third-order valence-electron chi connectivity index (χ3n) is 4.96. The van der Waals surface area contributed by atoms with Gasteiger partial charge in [0.25, 0.3) is 5.91 Å². The minimum atomic E-state index is -4.33. The molecule has 28 heavy (non-hydrogen) atoms. The molecule has 0 aromatic heterocycles. The molecule has 1 aromatic carbocycles. The van der Waals surface area contributed by atoms with E-state index in [9.17, 15) is 27.6 Å². The van der Waals surface area contributed by atoms with E-state index in [1.165, 1.54) is 6.07 Å². The van der Waals surface area contributed by atoms with E-state index in [-0.39, 0.29) is 36.3 Å². The summed E-state index contributed by atoms with van der Waals surface area (Å²) < 4.78 is 37.7. The van der Waals surface area contributed by atoms with Crippen molar-refractivity contribution in [2.24, 2.45) is 11.8 Å². The van der Waals surface area contributed by atoms with Crippen LogP contribution in [0.25, 0.3) is 0 Å². The van der Waals surface area contributed by atoms with Gasteiger partial charge in [0.05, 0.1) is 5.56 Å². The Morgan fingerprint density at radius 3 is 2.29 bits per heavy atom. The topological polar surface area (TPSA) is 78.5 Å². The average Bonchev–Trinajstić information content (AvgIpc) is 3.26. The number of benzene rings is 1. The van der Waals surface area contributed by atoms with Crippen LogP contribution < -0.4 is 10.6 Å². The molecule has 9 heteroatoms. The molecule has 4 rings (SSSR count). The lowest BCUT2D eigenvalue weighted by molar-refractivity contribution is -0.137. The van der Waals surface area contributed by atoms with Crippen molar-refractivity contribution in [1.82, 2.24) is 15.5 Å². The van der Waals surface area contributed by atoms with Gasteiger partial charge in [0.1, 0.15) is 6.04 Å². The third kappa shape index (κ3) is 4.45. The Bertz CT molecular complexity index is 803. The summed E-state index contributed by atoms with van der Waals surface area (Å²) in [4.78, 5) is 34.8. The van der Waals surface area contributed by atoms with Gasteiger partial charge in [0, 0.05) is 19.0 Å². The lowest BCUT2D eigenvalue weighted by atomic mass is 10.1. The van der Waals surface area contributed by atoms with E-state index in [0.717, 1.165) is 30.5 Å². The number of rotatable bonds is 2. The first-order chi connectivity index (χ1) is 13.1. The second-order valence-corrected chi connectivity index (χ2v) is 7.61. The number of nitrogens with one attached hydrogen (secondary N) is 2. The Morgan fingerprint density at radius 2 is 1.79 bits per heavy atom. The predicted molar refractivity (Wildman–Crippen MR) is 93.7 cm³/mol. The molecular weight excluding hydrogens is 375 g/mol. The summed E-state index contributed by atoms with van der Waals surface area (Å²) >= 11 is 0. The summed E-state index contributed by atoms with van der Waals surface area (Å²) in [5.41, 5.74) is 0.746. The minimum Gasteiger partial charge on any atom is -0.334 e. The standard InChI is InChI=1S/C13H14F3NO.C6H8N2O2/c1-8(2)12(18)17-6-9-3-4-11(13(14,15)16)5-10(9)7-17;9-5-4(3-1-2-3)7-6(10)8-5/h3-5,8H,6-7H2,1-2H3;3-4H,1-2H2,(H2,7,8,9,10). The Labute approximate surface area is 160 Å². The predicted octanol–water partition coefficient (Wildman–Crippen LogP) is 2.81. The van der Waals surface area contributed by atoms with E-state index < -0.39 is 11.7 Å². The van der Waals surface area contributed by atoms with Crippen molar-refractivity contribution in [3.63, 3.8) is 0 Å². The molecule has 1 aromatic rings. The smallest absolute Gasteiger partial charge is 0.334 e. The summed E-state index contributed by atoms with van der Waals surface area (Å²) in [7, 11) is 0. The van der Waals surface area contributed by atoms with Gasteiger partial charge in [-0.05, 0) is 42.0 Å². The summed E-state index contributed by atoms with van der Waals surface area (Å²) in [6, 6.07) is 3.10. The fourth-order valence-electron chi connectivity index (χ4n) is 3.29. The van der Waals surface area contributed by atoms with Crippen molar-refractivity contribution < 1.29 is 27.6 Å². The van der Waals surface area contributed by atoms with E-state index >= 15 is 0 Å². The molecule has 1 saturated heterocycles. The molecule has 4 amide bonds. The van der Waals surface area contributed by atoms with Gasteiger partial charge in [-0.3, -0.25) is 14.9 Å². The number of nitrogens with zero attached hydrogens (tertiary/aromatic N) is 1. The molecular formula is C19H22F3N3O3. The monoisotopic (exact) mass is 397 g/mol. The molecule has 0 spiro atoms. The van der Waals surface area contributed by atoms with Gasteiger partial charge in [0.2, 0.25) is 5.91 Å². The lowest BCUT2D eigenvalue weighted by Gasteiger charge is -2.17. The van der Waals surface area contributed by atoms with Crippen LogP contribution in [-0.2, 0) is 28.9 Å². The molecule has 1 atom stereocenters. The summed E-state index contributed by atoms with van der Waals surface area (Å²) in [6.07, 6.45) is -2.19. The number of carbonyl (C=O) groups is 3. The third-order valence-corrected chi connectivity index (χ3v) is 4.96. The van der Waals surface area contributed by atoms with Crippen molar-refractivity contribution in [1.29, 1.82) is 0 Å². The summed E-state index contributed by atoms with van der Waals surface area (Å²) in [5.74, 6) is 0.0834. The second-order valence-electron chi connectivity index (χ2n) is 7.61. The van der Waals surface area contributed by atoms with Gasteiger partial charge in [-0.1, -0.05) is 19.9 Å². The first-order valence-corrected chi connectivity index (χ1v) is 9.15. The van der Waals surface area contributed by atoms with E-state index in [1.54, 1.807) is 18.7 Å². The van der Waals surface area contributed by atoms with Crippen LogP contribution in [0.2, 0.25) is 0 Å². The molecule has 0 radical (unpaired) electrons. The zero-order valence-corrected chi connectivity index (χ0v) is 15.6. The van der Waals surface area contributed by atoms with Crippen molar-refractivity contribution in [2.75, 3.05) is 0 Å². The highest BCUT2D eigenvalue weighted by molar-refractivity contribution is 6.04. The maximum atomic E-state index is 12.6. The van der Waals surface area contributed by atoms with Gasteiger partial charge in [0.15, 0.2) is 0 Å². The van der Waals surface area contributed by atoms with Gasteiger partial charge in [-0.25, -0.2) is 4.79 Å². The second kappa shape index (κ2) is 7.44. The van der Waals surface area contributed by atoms with E-state index in [2.05, 4.69) is 10.6 Å². The number of imide groups is 1. The van der Waals surface area contributed by atoms with Crippen LogP contribution in [0.5, 0.6) is 0 Å². The number of halogens is 3. The van der Waals surface area contributed by atoms with Crippen LogP contribution in [0.4, 0.5) is 18.0 Å². The van der Waals surface area contributed by atoms with E-state index in [4.69, 9.17) is 0 Å². The molecule has 2 fully saturated rings. The number of amides is 4. The fraction of sp³-hybridized carbons (Fsp3) is 0.526. The van der Waals surface area contributed by atoms with Crippen LogP contribution in [0.1, 0.15) is 43.4 Å². The van der Waals surface area contributed by atoms with Crippen molar-refractivity contribution in [3.8, 4) is 0 Å². The molecule has 2 heterocycles. The van der Waals surface area contributed by atoms with Crippen molar-refractivity contribution >= 4 is 17.8 Å². The molecule has 0 bridgehead atoms. The highest BCUT2D eigenvalue weighted by Crippen LogP contribution is 2.34. The molecule has 6 nitrogen and oxygen atoms in total. The molecule has 1 aliphatic carbocycles. The Kier molecular flexibility index (Phi) is 5.36. The number of carbonyl (C=O) groups excluding carboxylic acids is 3. The maximum Gasteiger partial charge on any atom is 0.416 e. The zero-order valence-electron chi connectivity index (χ0n) is 15.6. The number of urea groups is 1. The van der Waals surface area contributed by atoms with Gasteiger partial charge in [-0.15, -0.1) is 0 Å². The van der Waals surface area contributed by atoms with Crippen molar-refractivity contribution in [2.45, 2.75) is 52.0 Å². The van der Waals surface area contributed by atoms with Crippen LogP contribution in [-0.4, -0.2) is 28.8 Å². The van der Waals surface area contributed by atoms with Gasteiger partial charge >= 0.3 is 12.2 Å². The molecule has 1 unspecified atom stereocenters. The zero-order chi connectivity index (χ0) is 20.6. The van der Waals surface area contributed by atoms with E-state index in [1.807, 2.05) is 0 Å². The molecule has 2 aliphatic heterocycles. The lowest BCUT2D eigenvalue weighted by Crippen LogP contribution is -2.30. The maximum absolute atomic E-state index is 12.6. The summed E-state index contributed by atoms with van der Waals surface area (Å²) in [5, 5.41) is 4.77. The van der Waals surface area contributed by atoms with Gasteiger partial charge < -0.3 is 10.2 Å². The van der Waals surface area contributed by atoms with Crippen LogP contribution in [0.15, 0.2) is 18.2 Å². The SMILES string of the molecule is CC(C)C(=O)N1Cc2ccc(C(F)(F)F)cc2C1.O=C1NC(=O)C(C2CC2)N1. The van der Waals surface area contributed by atoms with Crippen LogP contribution in [0.3, 0.4) is 0 Å². The Balaban J connectivity index is 0.000000188. The van der Waals surface area contributed by atoms with Crippen molar-refractivity contribution in [3.05, 3.63) is 34.9 Å². The van der Waals surface area contributed by atoms with E-state index in [0.29, 0.717) is 18.0 Å². The first-order valence-electron chi connectivity index (χ1n) is 9.15. The fourth-order valence-corrected chi connectivity index (χ4v) is 3.29. The Hall–Kier alpha value is -2.58. The highest BCUT2D eigenvalue weighted by Gasteiger charge is 2.41. The largest absolute Gasteiger partial charge is 0.416 e. The molecule has 152 valence electrons. The van der Waals surface area contributed by atoms with Crippen LogP contribution in [0, 0.1) is 11.8 Å². The summed E-state index contributed by atoms with van der Waals surface area (Å²) in [6.45, 7) is 4.25. The number of hydrogen-bond donors (Lipinski definition) is 2. The molecule has 1 saturated carbocycles. The minimum absolute atomic E-state index is 0.0280.